The summed E-state index contributed by atoms with van der Waals surface area (Å²) < 4.78 is 0. The molecule has 1 saturated heterocycles. The SMILES string of the molecule is O=C(O)C(c1cccc(Cl)c1)N1CC(CO)CC1=O. The van der Waals surface area contributed by atoms with Crippen LogP contribution in [0, 0.1) is 5.92 Å². The summed E-state index contributed by atoms with van der Waals surface area (Å²) in [6, 6.07) is 5.41. The molecule has 6 heteroatoms. The lowest BCUT2D eigenvalue weighted by Crippen LogP contribution is -2.35. The Morgan fingerprint density at radius 3 is 2.79 bits per heavy atom. The minimum atomic E-state index is -1.10. The van der Waals surface area contributed by atoms with E-state index in [9.17, 15) is 14.7 Å². The molecule has 1 aromatic rings. The van der Waals surface area contributed by atoms with Crippen molar-refractivity contribution in [3.05, 3.63) is 34.9 Å². The molecule has 0 bridgehead atoms. The van der Waals surface area contributed by atoms with Crippen molar-refractivity contribution in [2.75, 3.05) is 13.2 Å². The molecule has 5 nitrogen and oxygen atoms in total. The highest BCUT2D eigenvalue weighted by Gasteiger charge is 2.38. The molecule has 2 unspecified atom stereocenters. The van der Waals surface area contributed by atoms with Crippen LogP contribution in [0.2, 0.25) is 5.02 Å². The second-order valence-corrected chi connectivity index (χ2v) is 5.03. The maximum Gasteiger partial charge on any atom is 0.331 e. The second-order valence-electron chi connectivity index (χ2n) is 4.59. The van der Waals surface area contributed by atoms with Gasteiger partial charge >= 0.3 is 5.97 Å². The van der Waals surface area contributed by atoms with Crippen LogP contribution in [-0.4, -0.2) is 40.1 Å². The van der Waals surface area contributed by atoms with Gasteiger partial charge in [-0.3, -0.25) is 4.79 Å². The maximum atomic E-state index is 11.9. The predicted molar refractivity (Wildman–Crippen MR) is 68.7 cm³/mol. The Labute approximate surface area is 115 Å². The van der Waals surface area contributed by atoms with Crippen molar-refractivity contribution in [1.29, 1.82) is 0 Å². The van der Waals surface area contributed by atoms with Crippen molar-refractivity contribution in [2.24, 2.45) is 5.92 Å². The number of amides is 1. The topological polar surface area (TPSA) is 77.8 Å². The lowest BCUT2D eigenvalue weighted by atomic mass is 10.1. The van der Waals surface area contributed by atoms with E-state index in [0.29, 0.717) is 10.6 Å². The van der Waals surface area contributed by atoms with Gasteiger partial charge in [-0.05, 0) is 17.7 Å². The highest BCUT2D eigenvalue weighted by atomic mass is 35.5. The van der Waals surface area contributed by atoms with E-state index in [1.165, 1.54) is 4.90 Å². The summed E-state index contributed by atoms with van der Waals surface area (Å²) in [5, 5.41) is 18.9. The Balaban J connectivity index is 2.31. The number of hydrogen-bond acceptors (Lipinski definition) is 3. The number of nitrogens with zero attached hydrogens (tertiary/aromatic N) is 1. The van der Waals surface area contributed by atoms with Crippen LogP contribution in [0.15, 0.2) is 24.3 Å². The highest BCUT2D eigenvalue weighted by molar-refractivity contribution is 6.30. The first-order valence-corrected chi connectivity index (χ1v) is 6.29. The average molecular weight is 284 g/mol. The van der Waals surface area contributed by atoms with E-state index in [1.54, 1.807) is 24.3 Å². The zero-order valence-corrected chi connectivity index (χ0v) is 10.9. The molecular formula is C13H14ClNO4. The molecule has 1 aliphatic heterocycles. The van der Waals surface area contributed by atoms with Gasteiger partial charge in [0.1, 0.15) is 0 Å². The number of aliphatic hydroxyl groups excluding tert-OH is 1. The van der Waals surface area contributed by atoms with Gasteiger partial charge in [-0.2, -0.15) is 0 Å². The van der Waals surface area contributed by atoms with Gasteiger partial charge in [-0.15, -0.1) is 0 Å². The minimum absolute atomic E-state index is 0.121. The molecule has 1 amide bonds. The van der Waals surface area contributed by atoms with Gasteiger partial charge in [-0.1, -0.05) is 23.7 Å². The number of hydrogen-bond donors (Lipinski definition) is 2. The van der Waals surface area contributed by atoms with Crippen molar-refractivity contribution in [3.8, 4) is 0 Å². The van der Waals surface area contributed by atoms with Gasteiger partial charge < -0.3 is 15.1 Å². The molecule has 1 heterocycles. The second kappa shape index (κ2) is 5.59. The van der Waals surface area contributed by atoms with E-state index < -0.39 is 12.0 Å². The molecule has 2 atom stereocenters. The number of halogens is 1. The molecule has 1 fully saturated rings. The van der Waals surface area contributed by atoms with Crippen molar-refractivity contribution in [2.45, 2.75) is 12.5 Å². The predicted octanol–water partition coefficient (Wildman–Crippen LogP) is 1.31. The van der Waals surface area contributed by atoms with E-state index >= 15 is 0 Å². The fourth-order valence-electron chi connectivity index (χ4n) is 2.31. The largest absolute Gasteiger partial charge is 0.479 e. The normalized spacial score (nSPS) is 20.6. The first kappa shape index (κ1) is 13.8. The first-order valence-electron chi connectivity index (χ1n) is 5.91. The molecule has 0 aliphatic carbocycles. The fraction of sp³-hybridized carbons (Fsp3) is 0.385. The van der Waals surface area contributed by atoms with Crippen LogP contribution in [0.25, 0.3) is 0 Å². The number of aliphatic hydroxyl groups is 1. The van der Waals surface area contributed by atoms with E-state index in [0.717, 1.165) is 0 Å². The van der Waals surface area contributed by atoms with Crippen LogP contribution >= 0.6 is 11.6 Å². The van der Waals surface area contributed by atoms with Crippen molar-refractivity contribution in [3.63, 3.8) is 0 Å². The molecule has 2 N–H and O–H groups in total. The molecule has 1 aromatic carbocycles. The zero-order chi connectivity index (χ0) is 14.0. The smallest absolute Gasteiger partial charge is 0.331 e. The quantitative estimate of drug-likeness (QED) is 0.873. The van der Waals surface area contributed by atoms with Crippen molar-refractivity contribution < 1.29 is 19.8 Å². The van der Waals surface area contributed by atoms with Crippen LogP contribution in [0.3, 0.4) is 0 Å². The Bertz CT molecular complexity index is 505. The Morgan fingerprint density at radius 1 is 1.53 bits per heavy atom. The van der Waals surface area contributed by atoms with Gasteiger partial charge in [0.05, 0.1) is 0 Å². The van der Waals surface area contributed by atoms with Crippen LogP contribution in [0.4, 0.5) is 0 Å². The zero-order valence-electron chi connectivity index (χ0n) is 10.1. The standard InChI is InChI=1S/C13H14ClNO4/c14-10-3-1-2-9(5-10)12(13(18)19)15-6-8(7-16)4-11(15)17/h1-3,5,8,12,16H,4,6-7H2,(H,18,19). The Hall–Kier alpha value is -1.59. The van der Waals surface area contributed by atoms with Crippen molar-refractivity contribution in [1.82, 2.24) is 4.90 Å². The number of benzene rings is 1. The third kappa shape index (κ3) is 2.88. The third-order valence-corrected chi connectivity index (χ3v) is 3.44. The Morgan fingerprint density at radius 2 is 2.26 bits per heavy atom. The third-order valence-electron chi connectivity index (χ3n) is 3.21. The van der Waals surface area contributed by atoms with Gasteiger partial charge in [0.2, 0.25) is 5.91 Å². The molecule has 19 heavy (non-hydrogen) atoms. The number of carbonyl (C=O) groups excluding carboxylic acids is 1. The number of rotatable bonds is 4. The molecular weight excluding hydrogens is 270 g/mol. The average Bonchev–Trinajstić information content (AvgIpc) is 2.71. The lowest BCUT2D eigenvalue weighted by molar-refractivity contribution is -0.148. The van der Waals surface area contributed by atoms with Gasteiger partial charge in [-0.25, -0.2) is 4.79 Å². The number of carboxylic acid groups (broad SMARTS) is 1. The number of aliphatic carboxylic acids is 1. The van der Waals surface area contributed by atoms with Gasteiger partial charge in [0.15, 0.2) is 6.04 Å². The summed E-state index contributed by atoms with van der Waals surface area (Å²) in [5.41, 5.74) is 0.465. The van der Waals surface area contributed by atoms with Crippen LogP contribution < -0.4 is 0 Å². The molecule has 1 aliphatic rings. The minimum Gasteiger partial charge on any atom is -0.479 e. The maximum absolute atomic E-state index is 11.9. The summed E-state index contributed by atoms with van der Waals surface area (Å²) in [5.74, 6) is -1.56. The van der Waals surface area contributed by atoms with E-state index in [2.05, 4.69) is 0 Å². The van der Waals surface area contributed by atoms with Gasteiger partial charge in [0, 0.05) is 30.5 Å². The lowest BCUT2D eigenvalue weighted by Gasteiger charge is -2.25. The fourth-order valence-corrected chi connectivity index (χ4v) is 2.51. The van der Waals surface area contributed by atoms with E-state index in [-0.39, 0.29) is 31.4 Å². The van der Waals surface area contributed by atoms with E-state index in [4.69, 9.17) is 16.7 Å². The van der Waals surface area contributed by atoms with Crippen LogP contribution in [0.1, 0.15) is 18.0 Å². The number of carbonyl (C=O) groups is 2. The van der Waals surface area contributed by atoms with Crippen LogP contribution in [0.5, 0.6) is 0 Å². The molecule has 2 rings (SSSR count). The monoisotopic (exact) mass is 283 g/mol. The van der Waals surface area contributed by atoms with E-state index in [1.807, 2.05) is 0 Å². The number of likely N-dealkylation sites (tertiary alicyclic amines) is 1. The summed E-state index contributed by atoms with van der Waals surface area (Å²) in [4.78, 5) is 24.6. The number of carboxylic acids is 1. The molecule has 0 saturated carbocycles. The first-order chi connectivity index (χ1) is 9.02. The van der Waals surface area contributed by atoms with Gasteiger partial charge in [0.25, 0.3) is 0 Å². The molecule has 0 spiro atoms. The van der Waals surface area contributed by atoms with Crippen LogP contribution in [-0.2, 0) is 9.59 Å². The highest BCUT2D eigenvalue weighted by Crippen LogP contribution is 2.30. The van der Waals surface area contributed by atoms with Crippen molar-refractivity contribution >= 4 is 23.5 Å². The molecule has 0 aromatic heterocycles. The summed E-state index contributed by atoms with van der Waals surface area (Å²) in [6.45, 7) is 0.128. The summed E-state index contributed by atoms with van der Waals surface area (Å²) in [6.07, 6.45) is 0.181. The summed E-state index contributed by atoms with van der Waals surface area (Å²) in [7, 11) is 0. The Kier molecular flexibility index (Phi) is 4.07. The summed E-state index contributed by atoms with van der Waals surface area (Å²) >= 11 is 5.86. The molecule has 0 radical (unpaired) electrons. The molecule has 102 valence electrons.